The Bertz CT molecular complexity index is 175. The molecule has 2 atom stereocenters. The third kappa shape index (κ3) is 2.23. The van der Waals surface area contributed by atoms with E-state index in [2.05, 4.69) is 19.2 Å². The third-order valence-electron chi connectivity index (χ3n) is 2.46. The maximum Gasteiger partial charge on any atom is 0.223 e. The van der Waals surface area contributed by atoms with Gasteiger partial charge in [0.05, 0.1) is 0 Å². The van der Waals surface area contributed by atoms with E-state index in [1.54, 1.807) is 0 Å². The van der Waals surface area contributed by atoms with E-state index >= 15 is 0 Å². The summed E-state index contributed by atoms with van der Waals surface area (Å²) in [4.78, 5) is 11.4. The van der Waals surface area contributed by atoms with E-state index in [1.165, 1.54) is 0 Å². The van der Waals surface area contributed by atoms with Crippen molar-refractivity contribution in [1.82, 2.24) is 5.32 Å². The Morgan fingerprint density at radius 2 is 1.92 bits per heavy atom. The fourth-order valence-electron chi connectivity index (χ4n) is 1.64. The molecule has 0 saturated heterocycles. The lowest BCUT2D eigenvalue weighted by molar-refractivity contribution is -0.123. The topological polar surface area (TPSA) is 29.1 Å². The molecule has 1 amide bonds. The predicted molar refractivity (Wildman–Crippen MR) is 49.7 cm³/mol. The SMILES string of the molecule is CC(C)NC(=O)[C@H]1C[C@@H]1C(C)C. The molecule has 2 heteroatoms. The number of nitrogens with one attached hydrogen (secondary N) is 1. The van der Waals surface area contributed by atoms with Crippen LogP contribution >= 0.6 is 0 Å². The molecule has 0 aromatic carbocycles. The standard InChI is InChI=1S/C10H19NO/c1-6(2)8-5-9(8)10(12)11-7(3)4/h6-9H,5H2,1-4H3,(H,11,12)/t8-,9+/m1/s1. The predicted octanol–water partition coefficient (Wildman–Crippen LogP) is 1.80. The number of carbonyl (C=O) groups excluding carboxylic acids is 1. The summed E-state index contributed by atoms with van der Waals surface area (Å²) in [5.41, 5.74) is 0. The molecule has 0 bridgehead atoms. The molecule has 0 aromatic heterocycles. The minimum atomic E-state index is 0.253. The second kappa shape index (κ2) is 3.46. The quantitative estimate of drug-likeness (QED) is 0.686. The van der Waals surface area contributed by atoms with Gasteiger partial charge in [0.1, 0.15) is 0 Å². The van der Waals surface area contributed by atoms with Gasteiger partial charge in [0.15, 0.2) is 0 Å². The van der Waals surface area contributed by atoms with Crippen LogP contribution in [0.2, 0.25) is 0 Å². The van der Waals surface area contributed by atoms with Crippen molar-refractivity contribution in [3.8, 4) is 0 Å². The van der Waals surface area contributed by atoms with Gasteiger partial charge in [-0.2, -0.15) is 0 Å². The van der Waals surface area contributed by atoms with E-state index in [-0.39, 0.29) is 11.9 Å². The first-order chi connectivity index (χ1) is 5.52. The average Bonchev–Trinajstić information content (AvgIpc) is 2.61. The molecular formula is C10H19NO. The average molecular weight is 169 g/mol. The van der Waals surface area contributed by atoms with Crippen molar-refractivity contribution in [3.63, 3.8) is 0 Å². The summed E-state index contributed by atoms with van der Waals surface area (Å²) >= 11 is 0. The fraction of sp³-hybridized carbons (Fsp3) is 0.900. The highest BCUT2D eigenvalue weighted by Gasteiger charge is 2.44. The van der Waals surface area contributed by atoms with Crippen molar-refractivity contribution in [2.45, 2.75) is 40.2 Å². The summed E-state index contributed by atoms with van der Waals surface area (Å²) in [5, 5.41) is 2.95. The Balaban J connectivity index is 2.29. The van der Waals surface area contributed by atoms with E-state index in [0.717, 1.165) is 6.42 Å². The molecule has 2 nitrogen and oxygen atoms in total. The van der Waals surface area contributed by atoms with Crippen molar-refractivity contribution in [1.29, 1.82) is 0 Å². The number of carbonyl (C=O) groups is 1. The number of hydrogen-bond donors (Lipinski definition) is 1. The molecule has 1 aliphatic rings. The van der Waals surface area contributed by atoms with Crippen LogP contribution in [-0.2, 0) is 4.79 Å². The van der Waals surface area contributed by atoms with Gasteiger partial charge < -0.3 is 5.32 Å². The Kier molecular flexibility index (Phi) is 2.76. The van der Waals surface area contributed by atoms with E-state index < -0.39 is 0 Å². The number of amides is 1. The Morgan fingerprint density at radius 3 is 2.25 bits per heavy atom. The van der Waals surface area contributed by atoms with Crippen LogP contribution in [-0.4, -0.2) is 11.9 Å². The van der Waals surface area contributed by atoms with Crippen LogP contribution in [0.25, 0.3) is 0 Å². The minimum absolute atomic E-state index is 0.253. The van der Waals surface area contributed by atoms with Gasteiger partial charge in [0.25, 0.3) is 0 Å². The molecule has 0 aliphatic heterocycles. The van der Waals surface area contributed by atoms with E-state index in [4.69, 9.17) is 0 Å². The second-order valence-electron chi connectivity index (χ2n) is 4.41. The molecule has 0 spiro atoms. The van der Waals surface area contributed by atoms with Crippen molar-refractivity contribution in [2.24, 2.45) is 17.8 Å². The summed E-state index contributed by atoms with van der Waals surface area (Å²) in [6.45, 7) is 8.38. The van der Waals surface area contributed by atoms with E-state index in [9.17, 15) is 4.79 Å². The van der Waals surface area contributed by atoms with Crippen LogP contribution in [0.1, 0.15) is 34.1 Å². The zero-order valence-electron chi connectivity index (χ0n) is 8.42. The van der Waals surface area contributed by atoms with Gasteiger partial charge in [0.2, 0.25) is 5.91 Å². The second-order valence-corrected chi connectivity index (χ2v) is 4.41. The molecule has 1 rings (SSSR count). The normalized spacial score (nSPS) is 27.8. The Labute approximate surface area is 74.7 Å². The van der Waals surface area contributed by atoms with Gasteiger partial charge in [-0.05, 0) is 32.1 Å². The summed E-state index contributed by atoms with van der Waals surface area (Å²) in [5.74, 6) is 1.87. The van der Waals surface area contributed by atoms with Crippen LogP contribution in [0, 0.1) is 17.8 Å². The van der Waals surface area contributed by atoms with Crippen LogP contribution in [0.3, 0.4) is 0 Å². The molecule has 0 radical (unpaired) electrons. The van der Waals surface area contributed by atoms with Gasteiger partial charge >= 0.3 is 0 Å². The van der Waals surface area contributed by atoms with Crippen molar-refractivity contribution < 1.29 is 4.79 Å². The molecule has 70 valence electrons. The smallest absolute Gasteiger partial charge is 0.223 e. The molecule has 0 unspecified atom stereocenters. The lowest BCUT2D eigenvalue weighted by atomic mass is 10.1. The van der Waals surface area contributed by atoms with Gasteiger partial charge in [-0.1, -0.05) is 13.8 Å². The fourth-order valence-corrected chi connectivity index (χ4v) is 1.64. The Morgan fingerprint density at radius 1 is 1.33 bits per heavy atom. The number of rotatable bonds is 3. The van der Waals surface area contributed by atoms with E-state index in [1.807, 2.05) is 13.8 Å². The summed E-state index contributed by atoms with van der Waals surface area (Å²) in [6, 6.07) is 0.283. The zero-order chi connectivity index (χ0) is 9.30. The molecule has 1 fully saturated rings. The highest BCUT2D eigenvalue weighted by molar-refractivity contribution is 5.81. The number of hydrogen-bond acceptors (Lipinski definition) is 1. The zero-order valence-corrected chi connectivity index (χ0v) is 8.42. The van der Waals surface area contributed by atoms with Crippen LogP contribution in [0.4, 0.5) is 0 Å². The molecule has 0 aromatic rings. The van der Waals surface area contributed by atoms with Gasteiger partial charge in [-0.3, -0.25) is 4.79 Å². The minimum Gasteiger partial charge on any atom is -0.354 e. The van der Waals surface area contributed by atoms with Crippen LogP contribution in [0.15, 0.2) is 0 Å². The van der Waals surface area contributed by atoms with Crippen molar-refractivity contribution in [3.05, 3.63) is 0 Å². The highest BCUT2D eigenvalue weighted by Crippen LogP contribution is 2.44. The molecule has 0 heterocycles. The molecule has 1 N–H and O–H groups in total. The Hall–Kier alpha value is -0.530. The largest absolute Gasteiger partial charge is 0.354 e. The molecular weight excluding hydrogens is 150 g/mol. The first kappa shape index (κ1) is 9.56. The van der Waals surface area contributed by atoms with E-state index in [0.29, 0.717) is 17.8 Å². The maximum absolute atomic E-state index is 11.4. The van der Waals surface area contributed by atoms with Gasteiger partial charge in [0, 0.05) is 12.0 Å². The van der Waals surface area contributed by atoms with Crippen molar-refractivity contribution >= 4 is 5.91 Å². The van der Waals surface area contributed by atoms with Crippen molar-refractivity contribution in [2.75, 3.05) is 0 Å². The summed E-state index contributed by atoms with van der Waals surface area (Å²) in [6.07, 6.45) is 1.09. The highest BCUT2D eigenvalue weighted by atomic mass is 16.2. The van der Waals surface area contributed by atoms with Crippen LogP contribution < -0.4 is 5.32 Å². The summed E-state index contributed by atoms with van der Waals surface area (Å²) < 4.78 is 0. The molecule has 12 heavy (non-hydrogen) atoms. The third-order valence-corrected chi connectivity index (χ3v) is 2.46. The van der Waals surface area contributed by atoms with Crippen LogP contribution in [0.5, 0.6) is 0 Å². The van der Waals surface area contributed by atoms with Gasteiger partial charge in [-0.15, -0.1) is 0 Å². The first-order valence-electron chi connectivity index (χ1n) is 4.82. The monoisotopic (exact) mass is 169 g/mol. The lowest BCUT2D eigenvalue weighted by Gasteiger charge is -2.08. The first-order valence-corrected chi connectivity index (χ1v) is 4.82. The van der Waals surface area contributed by atoms with Gasteiger partial charge in [-0.25, -0.2) is 0 Å². The summed E-state index contributed by atoms with van der Waals surface area (Å²) in [7, 11) is 0. The molecule has 1 saturated carbocycles. The lowest BCUT2D eigenvalue weighted by Crippen LogP contribution is -2.32. The molecule has 1 aliphatic carbocycles. The maximum atomic E-state index is 11.4.